The minimum absolute atomic E-state index is 0. The van der Waals surface area contributed by atoms with Gasteiger partial charge in [-0.1, -0.05) is 24.3 Å². The number of ether oxygens (including phenoxy) is 1. The van der Waals surface area contributed by atoms with Crippen molar-refractivity contribution in [2.75, 3.05) is 13.7 Å². The number of aryl methyl sites for hydroxylation is 1. The van der Waals surface area contributed by atoms with Gasteiger partial charge >= 0.3 is 5.97 Å². The molecule has 0 aliphatic heterocycles. The molecule has 0 aliphatic carbocycles. The van der Waals surface area contributed by atoms with Gasteiger partial charge in [-0.25, -0.2) is 0 Å². The van der Waals surface area contributed by atoms with Crippen molar-refractivity contribution in [2.24, 2.45) is 11.7 Å². The van der Waals surface area contributed by atoms with Crippen molar-refractivity contribution in [2.45, 2.75) is 13.3 Å². The predicted molar refractivity (Wildman–Crippen MR) is 66.7 cm³/mol. The maximum absolute atomic E-state index is 11.4. The first-order chi connectivity index (χ1) is 7.19. The Balaban J connectivity index is 0.00000225. The van der Waals surface area contributed by atoms with Crippen LogP contribution in [0.2, 0.25) is 0 Å². The van der Waals surface area contributed by atoms with Crippen LogP contribution in [-0.4, -0.2) is 19.6 Å². The molecule has 0 spiro atoms. The van der Waals surface area contributed by atoms with Gasteiger partial charge in [-0.05, 0) is 24.5 Å². The zero-order valence-corrected chi connectivity index (χ0v) is 10.4. The highest BCUT2D eigenvalue weighted by molar-refractivity contribution is 5.85. The Morgan fingerprint density at radius 3 is 2.56 bits per heavy atom. The molecule has 0 saturated heterocycles. The second-order valence-corrected chi connectivity index (χ2v) is 3.59. The van der Waals surface area contributed by atoms with Crippen molar-refractivity contribution < 1.29 is 9.53 Å². The van der Waals surface area contributed by atoms with Crippen LogP contribution < -0.4 is 5.73 Å². The molecule has 0 fully saturated rings. The maximum Gasteiger partial charge on any atom is 0.310 e. The zero-order valence-electron chi connectivity index (χ0n) is 9.60. The smallest absolute Gasteiger partial charge is 0.310 e. The van der Waals surface area contributed by atoms with Gasteiger partial charge < -0.3 is 10.5 Å². The summed E-state index contributed by atoms with van der Waals surface area (Å²) in [6.45, 7) is 2.35. The molecule has 0 bridgehead atoms. The van der Waals surface area contributed by atoms with Crippen molar-refractivity contribution in [3.63, 3.8) is 0 Å². The topological polar surface area (TPSA) is 52.3 Å². The molecule has 4 heteroatoms. The van der Waals surface area contributed by atoms with Crippen LogP contribution in [0.25, 0.3) is 0 Å². The van der Waals surface area contributed by atoms with E-state index < -0.39 is 0 Å². The highest BCUT2D eigenvalue weighted by Gasteiger charge is 2.18. The van der Waals surface area contributed by atoms with E-state index in [0.29, 0.717) is 13.0 Å². The zero-order chi connectivity index (χ0) is 11.3. The molecule has 0 amide bonds. The average molecular weight is 244 g/mol. The number of carbonyl (C=O) groups is 1. The Bertz CT molecular complexity index is 342. The summed E-state index contributed by atoms with van der Waals surface area (Å²) in [5, 5.41) is 0. The number of rotatable bonds is 4. The van der Waals surface area contributed by atoms with E-state index in [4.69, 9.17) is 10.5 Å². The lowest BCUT2D eigenvalue weighted by Crippen LogP contribution is -2.27. The van der Waals surface area contributed by atoms with Crippen molar-refractivity contribution in [1.29, 1.82) is 0 Å². The molecule has 1 aromatic rings. The second-order valence-electron chi connectivity index (χ2n) is 3.59. The van der Waals surface area contributed by atoms with E-state index in [-0.39, 0.29) is 24.3 Å². The molecule has 0 aliphatic rings. The third-order valence-corrected chi connectivity index (χ3v) is 2.55. The first-order valence-electron chi connectivity index (χ1n) is 5.01. The van der Waals surface area contributed by atoms with E-state index in [1.54, 1.807) is 0 Å². The van der Waals surface area contributed by atoms with Gasteiger partial charge in [0, 0.05) is 6.54 Å². The van der Waals surface area contributed by atoms with Crippen molar-refractivity contribution >= 4 is 18.4 Å². The summed E-state index contributed by atoms with van der Waals surface area (Å²) in [5.74, 6) is -0.475. The first kappa shape index (κ1) is 14.9. The molecule has 1 rings (SSSR count). The molecule has 0 heterocycles. The molecule has 1 atom stereocenters. The van der Waals surface area contributed by atoms with Gasteiger partial charge in [0.15, 0.2) is 0 Å². The summed E-state index contributed by atoms with van der Waals surface area (Å²) < 4.78 is 4.70. The van der Waals surface area contributed by atoms with Gasteiger partial charge in [0.2, 0.25) is 0 Å². The SMILES string of the molecule is COC(=O)C(CN)Cc1ccccc1C.Cl. The number of benzene rings is 1. The quantitative estimate of drug-likeness (QED) is 0.820. The third kappa shape index (κ3) is 3.83. The van der Waals surface area contributed by atoms with E-state index in [0.717, 1.165) is 5.56 Å². The lowest BCUT2D eigenvalue weighted by atomic mass is 9.96. The molecule has 0 saturated carbocycles. The summed E-state index contributed by atoms with van der Waals surface area (Å²) in [4.78, 5) is 11.4. The van der Waals surface area contributed by atoms with Crippen LogP contribution in [0.5, 0.6) is 0 Å². The summed E-state index contributed by atoms with van der Waals surface area (Å²) in [5.41, 5.74) is 7.88. The number of hydrogen-bond acceptors (Lipinski definition) is 3. The summed E-state index contributed by atoms with van der Waals surface area (Å²) in [7, 11) is 1.39. The lowest BCUT2D eigenvalue weighted by Gasteiger charge is -2.13. The van der Waals surface area contributed by atoms with E-state index in [2.05, 4.69) is 0 Å². The Morgan fingerprint density at radius 1 is 1.44 bits per heavy atom. The van der Waals surface area contributed by atoms with E-state index in [1.165, 1.54) is 12.7 Å². The molecule has 2 N–H and O–H groups in total. The van der Waals surface area contributed by atoms with Gasteiger partial charge in [0.05, 0.1) is 13.0 Å². The molecule has 1 unspecified atom stereocenters. The Labute approximate surface area is 102 Å². The van der Waals surface area contributed by atoms with Gasteiger partial charge in [0.25, 0.3) is 0 Å². The van der Waals surface area contributed by atoms with Crippen LogP contribution in [0.15, 0.2) is 24.3 Å². The monoisotopic (exact) mass is 243 g/mol. The highest BCUT2D eigenvalue weighted by atomic mass is 35.5. The lowest BCUT2D eigenvalue weighted by molar-refractivity contribution is -0.145. The summed E-state index contributed by atoms with van der Waals surface area (Å²) in [6, 6.07) is 7.99. The standard InChI is InChI=1S/C12H17NO2.ClH/c1-9-5-3-4-6-10(9)7-11(8-13)12(14)15-2;/h3-6,11H,7-8,13H2,1-2H3;1H. The highest BCUT2D eigenvalue weighted by Crippen LogP contribution is 2.13. The summed E-state index contributed by atoms with van der Waals surface area (Å²) >= 11 is 0. The fourth-order valence-corrected chi connectivity index (χ4v) is 1.53. The molecule has 0 aromatic heterocycles. The van der Waals surface area contributed by atoms with E-state index in [1.807, 2.05) is 31.2 Å². The summed E-state index contributed by atoms with van der Waals surface area (Å²) in [6.07, 6.45) is 0.649. The molecule has 16 heavy (non-hydrogen) atoms. The molecule has 3 nitrogen and oxygen atoms in total. The van der Waals surface area contributed by atoms with E-state index >= 15 is 0 Å². The fraction of sp³-hybridized carbons (Fsp3) is 0.417. The Morgan fingerprint density at radius 2 is 2.06 bits per heavy atom. The Hall–Kier alpha value is -1.06. The van der Waals surface area contributed by atoms with Crippen LogP contribution in [0.3, 0.4) is 0 Å². The third-order valence-electron chi connectivity index (χ3n) is 2.55. The predicted octanol–water partition coefficient (Wildman–Crippen LogP) is 1.71. The number of halogens is 1. The van der Waals surface area contributed by atoms with Crippen molar-refractivity contribution in [3.05, 3.63) is 35.4 Å². The minimum atomic E-state index is -0.240. The van der Waals surface area contributed by atoms with Crippen LogP contribution in [-0.2, 0) is 16.0 Å². The Kier molecular flexibility index (Phi) is 6.77. The number of carbonyl (C=O) groups excluding carboxylic acids is 1. The number of nitrogens with two attached hydrogens (primary N) is 1. The van der Waals surface area contributed by atoms with E-state index in [9.17, 15) is 4.79 Å². The van der Waals surface area contributed by atoms with Gasteiger partial charge in [-0.3, -0.25) is 4.79 Å². The van der Waals surface area contributed by atoms with Gasteiger partial charge in [0.1, 0.15) is 0 Å². The number of methoxy groups -OCH3 is 1. The number of esters is 1. The second kappa shape index (κ2) is 7.25. The van der Waals surface area contributed by atoms with Crippen LogP contribution in [0, 0.1) is 12.8 Å². The van der Waals surface area contributed by atoms with Crippen LogP contribution in [0.4, 0.5) is 0 Å². The molecule has 90 valence electrons. The van der Waals surface area contributed by atoms with Gasteiger partial charge in [-0.15, -0.1) is 12.4 Å². The molecule has 0 radical (unpaired) electrons. The maximum atomic E-state index is 11.4. The van der Waals surface area contributed by atoms with Gasteiger partial charge in [-0.2, -0.15) is 0 Å². The molecular formula is C12H18ClNO2. The van der Waals surface area contributed by atoms with Crippen LogP contribution >= 0.6 is 12.4 Å². The average Bonchev–Trinajstić information content (AvgIpc) is 2.27. The van der Waals surface area contributed by atoms with Crippen LogP contribution in [0.1, 0.15) is 11.1 Å². The van der Waals surface area contributed by atoms with Crippen molar-refractivity contribution in [1.82, 2.24) is 0 Å². The largest absolute Gasteiger partial charge is 0.469 e. The molecule has 1 aromatic carbocycles. The normalized spacial score (nSPS) is 11.4. The van der Waals surface area contributed by atoms with Crippen molar-refractivity contribution in [3.8, 4) is 0 Å². The fourth-order valence-electron chi connectivity index (χ4n) is 1.53. The molecular weight excluding hydrogens is 226 g/mol. The number of hydrogen-bond donors (Lipinski definition) is 1. The first-order valence-corrected chi connectivity index (χ1v) is 5.01. The minimum Gasteiger partial charge on any atom is -0.469 e.